The third-order valence-corrected chi connectivity index (χ3v) is 4.85. The number of aromatic nitrogens is 2. The summed E-state index contributed by atoms with van der Waals surface area (Å²) in [7, 11) is -1.23. The summed E-state index contributed by atoms with van der Waals surface area (Å²) < 4.78 is 14.8. The predicted octanol–water partition coefficient (Wildman–Crippen LogP) is 2.34. The SMILES string of the molecule is Cc1cnc2[nH]c(=O)c(C(C)N[S@@](=O)C(C)(C)C)cc2c1. The molecule has 5 nitrogen and oxygen atoms in total. The summed E-state index contributed by atoms with van der Waals surface area (Å²) in [5, 5.41) is 0.875. The Morgan fingerprint density at radius 3 is 2.62 bits per heavy atom. The average Bonchev–Trinajstić information content (AvgIpc) is 2.37. The van der Waals surface area contributed by atoms with Gasteiger partial charge in [-0.25, -0.2) is 13.9 Å². The van der Waals surface area contributed by atoms with E-state index in [-0.39, 0.29) is 16.3 Å². The summed E-state index contributed by atoms with van der Waals surface area (Å²) >= 11 is 0. The maximum absolute atomic E-state index is 12.2. The van der Waals surface area contributed by atoms with Crippen molar-refractivity contribution in [1.29, 1.82) is 0 Å². The van der Waals surface area contributed by atoms with Crippen LogP contribution in [0.1, 0.15) is 44.9 Å². The van der Waals surface area contributed by atoms with E-state index in [9.17, 15) is 9.00 Å². The van der Waals surface area contributed by atoms with Gasteiger partial charge in [0.05, 0.1) is 15.7 Å². The van der Waals surface area contributed by atoms with Gasteiger partial charge in [-0.3, -0.25) is 4.79 Å². The van der Waals surface area contributed by atoms with E-state index in [1.807, 2.05) is 46.8 Å². The molecule has 0 saturated heterocycles. The van der Waals surface area contributed by atoms with Crippen molar-refractivity contribution in [2.75, 3.05) is 0 Å². The molecule has 0 amide bonds. The molecule has 0 aliphatic rings. The van der Waals surface area contributed by atoms with Crippen LogP contribution in [0.2, 0.25) is 0 Å². The van der Waals surface area contributed by atoms with Crippen LogP contribution in [0.15, 0.2) is 23.1 Å². The first-order valence-electron chi connectivity index (χ1n) is 6.86. The topological polar surface area (TPSA) is 74.8 Å². The highest BCUT2D eigenvalue weighted by molar-refractivity contribution is 7.84. The van der Waals surface area contributed by atoms with Crippen LogP contribution < -0.4 is 10.3 Å². The van der Waals surface area contributed by atoms with Crippen LogP contribution in [0.3, 0.4) is 0 Å². The molecule has 114 valence electrons. The van der Waals surface area contributed by atoms with E-state index in [4.69, 9.17) is 0 Å². The Morgan fingerprint density at radius 1 is 1.33 bits per heavy atom. The number of rotatable bonds is 3. The number of hydrogen-bond donors (Lipinski definition) is 2. The lowest BCUT2D eigenvalue weighted by atomic mass is 10.1. The first-order chi connectivity index (χ1) is 9.68. The molecule has 2 aromatic heterocycles. The molecule has 0 fully saturated rings. The second-order valence-electron chi connectivity index (χ2n) is 6.22. The normalized spacial score (nSPS) is 15.1. The number of pyridine rings is 2. The fourth-order valence-corrected chi connectivity index (χ4v) is 2.74. The van der Waals surface area contributed by atoms with Crippen LogP contribution in [-0.4, -0.2) is 18.9 Å². The Kier molecular flexibility index (Phi) is 4.30. The van der Waals surface area contributed by atoms with Crippen molar-refractivity contribution in [1.82, 2.24) is 14.7 Å². The summed E-state index contributed by atoms with van der Waals surface area (Å²) in [6.45, 7) is 9.46. The molecule has 0 aromatic carbocycles. The number of H-pyrrole nitrogens is 1. The molecule has 0 aliphatic carbocycles. The van der Waals surface area contributed by atoms with E-state index in [1.165, 1.54) is 0 Å². The second kappa shape index (κ2) is 5.69. The largest absolute Gasteiger partial charge is 0.306 e. The summed E-state index contributed by atoms with van der Waals surface area (Å²) in [5.41, 5.74) is 1.95. The third-order valence-electron chi connectivity index (χ3n) is 3.17. The van der Waals surface area contributed by atoms with Gasteiger partial charge in [0.15, 0.2) is 0 Å². The van der Waals surface area contributed by atoms with E-state index in [0.717, 1.165) is 10.9 Å². The fourth-order valence-electron chi connectivity index (χ4n) is 1.94. The Bertz CT molecular complexity index is 747. The van der Waals surface area contributed by atoms with E-state index in [2.05, 4.69) is 14.7 Å². The lowest BCUT2D eigenvalue weighted by molar-refractivity contribution is 0.615. The van der Waals surface area contributed by atoms with E-state index < -0.39 is 11.0 Å². The van der Waals surface area contributed by atoms with Gasteiger partial charge in [0, 0.05) is 23.2 Å². The molecule has 2 atom stereocenters. The number of aromatic amines is 1. The molecular formula is C15H21N3O2S. The molecule has 2 heterocycles. The van der Waals surface area contributed by atoms with E-state index in [1.54, 1.807) is 6.20 Å². The zero-order valence-electron chi connectivity index (χ0n) is 13.0. The third kappa shape index (κ3) is 3.57. The molecule has 0 aliphatic heterocycles. The van der Waals surface area contributed by atoms with Crippen LogP contribution in [0.4, 0.5) is 0 Å². The van der Waals surface area contributed by atoms with Gasteiger partial charge < -0.3 is 4.98 Å². The highest BCUT2D eigenvalue weighted by Gasteiger charge is 2.22. The van der Waals surface area contributed by atoms with Gasteiger partial charge in [-0.15, -0.1) is 0 Å². The zero-order valence-corrected chi connectivity index (χ0v) is 13.8. The Labute approximate surface area is 126 Å². The minimum atomic E-state index is -1.23. The van der Waals surface area contributed by atoms with Crippen LogP contribution in [0.25, 0.3) is 11.0 Å². The lowest BCUT2D eigenvalue weighted by Crippen LogP contribution is -2.36. The molecule has 1 unspecified atom stereocenters. The van der Waals surface area contributed by atoms with Crippen LogP contribution in [0.5, 0.6) is 0 Å². The van der Waals surface area contributed by atoms with Crippen molar-refractivity contribution in [3.8, 4) is 0 Å². The molecule has 21 heavy (non-hydrogen) atoms. The highest BCUT2D eigenvalue weighted by Crippen LogP contribution is 2.17. The van der Waals surface area contributed by atoms with Crippen LogP contribution in [-0.2, 0) is 11.0 Å². The Hall–Kier alpha value is -1.53. The van der Waals surface area contributed by atoms with Crippen molar-refractivity contribution in [3.63, 3.8) is 0 Å². The summed E-state index contributed by atoms with van der Waals surface area (Å²) in [6.07, 6.45) is 1.72. The maximum Gasteiger partial charge on any atom is 0.254 e. The van der Waals surface area contributed by atoms with Crippen molar-refractivity contribution in [2.45, 2.75) is 45.4 Å². The molecule has 0 radical (unpaired) electrons. The zero-order chi connectivity index (χ0) is 15.8. The van der Waals surface area contributed by atoms with Crippen molar-refractivity contribution in [2.24, 2.45) is 0 Å². The Balaban J connectivity index is 2.39. The van der Waals surface area contributed by atoms with Crippen molar-refractivity contribution >= 4 is 22.0 Å². The van der Waals surface area contributed by atoms with Gasteiger partial charge in [-0.2, -0.15) is 0 Å². The maximum atomic E-state index is 12.2. The van der Waals surface area contributed by atoms with Gasteiger partial charge in [0.25, 0.3) is 5.56 Å². The molecule has 0 saturated carbocycles. The highest BCUT2D eigenvalue weighted by atomic mass is 32.2. The molecule has 0 spiro atoms. The molecule has 2 N–H and O–H groups in total. The van der Waals surface area contributed by atoms with Gasteiger partial charge in [0.2, 0.25) is 0 Å². The lowest BCUT2D eigenvalue weighted by Gasteiger charge is -2.21. The predicted molar refractivity (Wildman–Crippen MR) is 86.5 cm³/mol. The van der Waals surface area contributed by atoms with Gasteiger partial charge in [0.1, 0.15) is 5.65 Å². The van der Waals surface area contributed by atoms with Crippen LogP contribution in [0, 0.1) is 6.92 Å². The standard InChI is InChI=1S/C15H21N3O2S/c1-9-6-11-7-12(14(19)17-13(11)16-8-9)10(2)18-21(20)15(3,4)5/h6-8,10,18H,1-5H3,(H,16,17,19)/t10?,21-/m0/s1. The smallest absolute Gasteiger partial charge is 0.254 e. The number of aryl methyl sites for hydroxylation is 1. The number of nitrogens with one attached hydrogen (secondary N) is 2. The van der Waals surface area contributed by atoms with Crippen LogP contribution >= 0.6 is 0 Å². The minimum Gasteiger partial charge on any atom is -0.306 e. The minimum absolute atomic E-state index is 0.204. The summed E-state index contributed by atoms with van der Waals surface area (Å²) in [6, 6.07) is 3.47. The molecule has 2 aromatic rings. The number of nitrogens with zero attached hydrogens (tertiary/aromatic N) is 1. The summed E-state index contributed by atoms with van der Waals surface area (Å²) in [5.74, 6) is 0. The molecule has 2 rings (SSSR count). The molecule has 6 heteroatoms. The summed E-state index contributed by atoms with van der Waals surface area (Å²) in [4.78, 5) is 19.1. The molecular weight excluding hydrogens is 286 g/mol. The van der Waals surface area contributed by atoms with Gasteiger partial charge in [-0.05, 0) is 52.3 Å². The molecule has 0 bridgehead atoms. The number of hydrogen-bond acceptors (Lipinski definition) is 3. The monoisotopic (exact) mass is 307 g/mol. The second-order valence-corrected chi connectivity index (χ2v) is 8.22. The first kappa shape index (κ1) is 15.9. The van der Waals surface area contributed by atoms with Crippen molar-refractivity contribution < 1.29 is 4.21 Å². The Morgan fingerprint density at radius 2 is 2.00 bits per heavy atom. The quantitative estimate of drug-likeness (QED) is 0.914. The van der Waals surface area contributed by atoms with Gasteiger partial charge in [-0.1, -0.05) is 0 Å². The average molecular weight is 307 g/mol. The first-order valence-corrected chi connectivity index (χ1v) is 8.01. The van der Waals surface area contributed by atoms with Crippen molar-refractivity contribution in [3.05, 3.63) is 39.8 Å². The fraction of sp³-hybridized carbons (Fsp3) is 0.467. The number of fused-ring (bicyclic) bond motifs is 1. The van der Waals surface area contributed by atoms with E-state index >= 15 is 0 Å². The van der Waals surface area contributed by atoms with Gasteiger partial charge >= 0.3 is 0 Å². The van der Waals surface area contributed by atoms with E-state index in [0.29, 0.717) is 11.2 Å².